The van der Waals surface area contributed by atoms with Gasteiger partial charge >= 0.3 is 6.18 Å². The van der Waals surface area contributed by atoms with Gasteiger partial charge in [0.05, 0.1) is 30.5 Å². The van der Waals surface area contributed by atoms with Crippen molar-refractivity contribution in [2.45, 2.75) is 6.18 Å². The molecule has 5 aromatic rings. The van der Waals surface area contributed by atoms with Crippen LogP contribution in [-0.4, -0.2) is 35.7 Å². The highest BCUT2D eigenvalue weighted by Crippen LogP contribution is 2.41. The standard InChI is InChI=1S/C22H13F3N8O2/c1-32-18(21(34)30-14-9-13(10-26)20(27-11-14)33-28-6-7-29-33)16(22(23,24)25)17(31-32)15-4-2-3-12-5-8-35-19(12)15/h2-9,11H,1H3,(H,30,34). The quantitative estimate of drug-likeness (QED) is 0.414. The Morgan fingerprint density at radius 3 is 2.69 bits per heavy atom. The highest BCUT2D eigenvalue weighted by atomic mass is 19.4. The summed E-state index contributed by atoms with van der Waals surface area (Å²) >= 11 is 0. The van der Waals surface area contributed by atoms with Crippen molar-refractivity contribution in [2.75, 3.05) is 5.32 Å². The molecule has 1 aromatic carbocycles. The maximum Gasteiger partial charge on any atom is 0.420 e. The Balaban J connectivity index is 1.57. The zero-order valence-electron chi connectivity index (χ0n) is 17.8. The van der Waals surface area contributed by atoms with Crippen molar-refractivity contribution >= 4 is 22.6 Å². The number of nitrogens with one attached hydrogen (secondary N) is 1. The van der Waals surface area contributed by atoms with Crippen LogP contribution in [0.25, 0.3) is 28.0 Å². The van der Waals surface area contributed by atoms with Crippen molar-refractivity contribution in [3.8, 4) is 23.1 Å². The van der Waals surface area contributed by atoms with Gasteiger partial charge in [0.15, 0.2) is 5.82 Å². The summed E-state index contributed by atoms with van der Waals surface area (Å²) in [5.41, 5.74) is -2.05. The number of amides is 1. The highest BCUT2D eigenvalue weighted by molar-refractivity contribution is 6.06. The topological polar surface area (TPSA) is 127 Å². The second-order valence-electron chi connectivity index (χ2n) is 7.32. The summed E-state index contributed by atoms with van der Waals surface area (Å²) in [6.45, 7) is 0. The summed E-state index contributed by atoms with van der Waals surface area (Å²) in [4.78, 5) is 18.2. The van der Waals surface area contributed by atoms with E-state index in [0.29, 0.717) is 5.39 Å². The molecule has 0 aliphatic carbocycles. The van der Waals surface area contributed by atoms with Gasteiger partial charge in [-0.3, -0.25) is 9.48 Å². The molecular formula is C22H13F3N8O2. The fraction of sp³-hybridized carbons (Fsp3) is 0.0909. The predicted octanol–water partition coefficient (Wildman–Crippen LogP) is 3.95. The molecule has 4 heterocycles. The molecular weight excluding hydrogens is 465 g/mol. The van der Waals surface area contributed by atoms with Crippen molar-refractivity contribution in [3.05, 3.63) is 72.0 Å². The maximum absolute atomic E-state index is 14.2. The zero-order valence-corrected chi connectivity index (χ0v) is 17.8. The fourth-order valence-electron chi connectivity index (χ4n) is 3.70. The number of pyridine rings is 1. The molecule has 0 fully saturated rings. The number of nitriles is 1. The summed E-state index contributed by atoms with van der Waals surface area (Å²) in [6.07, 6.45) is 0.420. The van der Waals surface area contributed by atoms with Crippen molar-refractivity contribution in [1.29, 1.82) is 5.26 Å². The molecule has 174 valence electrons. The Morgan fingerprint density at radius 1 is 1.20 bits per heavy atom. The zero-order chi connectivity index (χ0) is 24.7. The van der Waals surface area contributed by atoms with Crippen molar-refractivity contribution in [2.24, 2.45) is 7.05 Å². The highest BCUT2D eigenvalue weighted by Gasteiger charge is 2.42. The Labute approximate surface area is 194 Å². The Kier molecular flexibility index (Phi) is 5.05. The fourth-order valence-corrected chi connectivity index (χ4v) is 3.70. The van der Waals surface area contributed by atoms with E-state index in [2.05, 4.69) is 25.6 Å². The van der Waals surface area contributed by atoms with E-state index in [1.807, 2.05) is 6.07 Å². The molecule has 0 unspecified atom stereocenters. The number of hydrogen-bond donors (Lipinski definition) is 1. The van der Waals surface area contributed by atoms with Gasteiger partial charge < -0.3 is 9.73 Å². The van der Waals surface area contributed by atoms with E-state index in [1.165, 1.54) is 44.0 Å². The number of carbonyl (C=O) groups excluding carboxylic acids is 1. The van der Waals surface area contributed by atoms with Crippen LogP contribution in [0, 0.1) is 11.3 Å². The van der Waals surface area contributed by atoms with E-state index in [-0.39, 0.29) is 28.2 Å². The Bertz CT molecular complexity index is 1610. The van der Waals surface area contributed by atoms with Crippen LogP contribution in [0.2, 0.25) is 0 Å². The number of furan rings is 1. The Hall–Kier alpha value is -4.99. The maximum atomic E-state index is 14.2. The third-order valence-corrected chi connectivity index (χ3v) is 5.13. The van der Waals surface area contributed by atoms with E-state index >= 15 is 0 Å². The van der Waals surface area contributed by atoms with Crippen LogP contribution in [0.4, 0.5) is 18.9 Å². The normalized spacial score (nSPS) is 11.5. The van der Waals surface area contributed by atoms with Gasteiger partial charge in [-0.2, -0.15) is 33.7 Å². The number of benzene rings is 1. The summed E-state index contributed by atoms with van der Waals surface area (Å²) in [5, 5.41) is 24.2. The summed E-state index contributed by atoms with van der Waals surface area (Å²) in [7, 11) is 1.24. The van der Waals surface area contributed by atoms with E-state index < -0.39 is 29.0 Å². The van der Waals surface area contributed by atoms with Gasteiger partial charge in [0.1, 0.15) is 34.2 Å². The van der Waals surface area contributed by atoms with Gasteiger partial charge in [0, 0.05) is 18.0 Å². The predicted molar refractivity (Wildman–Crippen MR) is 115 cm³/mol. The summed E-state index contributed by atoms with van der Waals surface area (Å²) in [6, 6.07) is 9.49. The largest absolute Gasteiger partial charge is 0.464 e. The van der Waals surface area contributed by atoms with Gasteiger partial charge in [0.2, 0.25) is 0 Å². The molecule has 5 rings (SSSR count). The van der Waals surface area contributed by atoms with E-state index in [9.17, 15) is 23.2 Å². The van der Waals surface area contributed by atoms with Crippen molar-refractivity contribution in [1.82, 2.24) is 29.8 Å². The van der Waals surface area contributed by atoms with Gasteiger partial charge in [-0.05, 0) is 18.2 Å². The average molecular weight is 478 g/mol. The number of para-hydroxylation sites is 1. The van der Waals surface area contributed by atoms with Crippen LogP contribution in [0.1, 0.15) is 21.6 Å². The van der Waals surface area contributed by atoms with Crippen LogP contribution in [0.15, 0.2) is 59.6 Å². The number of alkyl halides is 3. The summed E-state index contributed by atoms with van der Waals surface area (Å²) < 4.78 is 48.9. The summed E-state index contributed by atoms with van der Waals surface area (Å²) in [5.74, 6) is -0.985. The first-order valence-electron chi connectivity index (χ1n) is 9.97. The van der Waals surface area contributed by atoms with Gasteiger partial charge in [-0.25, -0.2) is 4.98 Å². The third kappa shape index (κ3) is 3.76. The molecule has 1 N–H and O–H groups in total. The van der Waals surface area contributed by atoms with Gasteiger partial charge in [0.25, 0.3) is 5.91 Å². The van der Waals surface area contributed by atoms with E-state index in [1.54, 1.807) is 18.2 Å². The minimum absolute atomic E-state index is 0.00485. The molecule has 1 amide bonds. The van der Waals surface area contributed by atoms with E-state index in [0.717, 1.165) is 9.48 Å². The molecule has 4 aromatic heterocycles. The molecule has 0 radical (unpaired) electrons. The molecule has 10 nitrogen and oxygen atoms in total. The van der Waals surface area contributed by atoms with Crippen LogP contribution >= 0.6 is 0 Å². The number of fused-ring (bicyclic) bond motifs is 1. The second kappa shape index (κ2) is 8.10. The number of rotatable bonds is 4. The molecule has 0 bridgehead atoms. The lowest BCUT2D eigenvalue weighted by atomic mass is 10.0. The molecule has 13 heteroatoms. The average Bonchev–Trinajstić information content (AvgIpc) is 3.57. The Morgan fingerprint density at radius 2 is 1.97 bits per heavy atom. The lowest BCUT2D eigenvalue weighted by Crippen LogP contribution is -2.21. The third-order valence-electron chi connectivity index (χ3n) is 5.13. The second-order valence-corrected chi connectivity index (χ2v) is 7.32. The molecule has 35 heavy (non-hydrogen) atoms. The van der Waals surface area contributed by atoms with Crippen LogP contribution in [-0.2, 0) is 13.2 Å². The number of hydrogen-bond acceptors (Lipinski definition) is 7. The molecule has 0 atom stereocenters. The molecule has 0 saturated carbocycles. The van der Waals surface area contributed by atoms with Crippen LogP contribution in [0.5, 0.6) is 0 Å². The van der Waals surface area contributed by atoms with Crippen LogP contribution < -0.4 is 5.32 Å². The first-order valence-corrected chi connectivity index (χ1v) is 9.97. The molecule has 0 aliphatic rings. The number of nitrogens with zero attached hydrogens (tertiary/aromatic N) is 7. The number of anilines is 1. The number of aromatic nitrogens is 6. The van der Waals surface area contributed by atoms with Gasteiger partial charge in [-0.1, -0.05) is 12.1 Å². The molecule has 0 spiro atoms. The van der Waals surface area contributed by atoms with Crippen LogP contribution in [0.3, 0.4) is 0 Å². The lowest BCUT2D eigenvalue weighted by Gasteiger charge is -2.12. The SMILES string of the molecule is Cn1nc(-c2cccc3ccoc23)c(C(F)(F)F)c1C(=O)Nc1cnc(-n2nccn2)c(C#N)c1. The van der Waals surface area contributed by atoms with Gasteiger partial charge in [-0.15, -0.1) is 4.80 Å². The van der Waals surface area contributed by atoms with Crippen molar-refractivity contribution in [3.63, 3.8) is 0 Å². The number of halogens is 3. The van der Waals surface area contributed by atoms with E-state index in [4.69, 9.17) is 4.42 Å². The number of aryl methyl sites for hydroxylation is 1. The number of carbonyl (C=O) groups is 1. The lowest BCUT2D eigenvalue weighted by molar-refractivity contribution is -0.137. The minimum Gasteiger partial charge on any atom is -0.464 e. The molecule has 0 aliphatic heterocycles. The first kappa shape index (κ1) is 21.8. The monoisotopic (exact) mass is 478 g/mol. The smallest absolute Gasteiger partial charge is 0.420 e. The first-order chi connectivity index (χ1) is 16.8. The molecule has 0 saturated heterocycles. The van der Waals surface area contributed by atoms with Crippen molar-refractivity contribution < 1.29 is 22.4 Å². The minimum atomic E-state index is -4.91.